The van der Waals surface area contributed by atoms with Crippen LogP contribution in [-0.2, 0) is 9.53 Å². The molecule has 1 amide bonds. The van der Waals surface area contributed by atoms with Crippen LogP contribution in [0.3, 0.4) is 0 Å². The van der Waals surface area contributed by atoms with Gasteiger partial charge in [-0.2, -0.15) is 0 Å². The summed E-state index contributed by atoms with van der Waals surface area (Å²) in [4.78, 5) is 35.7. The minimum Gasteiger partial charge on any atom is -0.465 e. The number of benzene rings is 1. The van der Waals surface area contributed by atoms with Gasteiger partial charge in [0.05, 0.1) is 29.7 Å². The quantitative estimate of drug-likeness (QED) is 0.442. The Morgan fingerprint density at radius 2 is 2.17 bits per heavy atom. The number of ether oxygens (including phenoxy) is 1. The second-order valence-corrected chi connectivity index (χ2v) is 5.54. The third kappa shape index (κ3) is 2.95. The number of carbonyl (C=O) groups is 2. The van der Waals surface area contributed by atoms with Crippen molar-refractivity contribution in [1.82, 2.24) is 0 Å². The number of hydrogen-bond acceptors (Lipinski definition) is 7. The van der Waals surface area contributed by atoms with E-state index in [0.717, 1.165) is 13.2 Å². The molecule has 1 saturated heterocycles. The Hall–Kier alpha value is -2.52. The number of aliphatic hydroxyl groups excluding tert-OH is 2. The van der Waals surface area contributed by atoms with E-state index in [1.165, 1.54) is 17.0 Å². The van der Waals surface area contributed by atoms with Crippen molar-refractivity contribution in [2.45, 2.75) is 24.8 Å². The highest BCUT2D eigenvalue weighted by Crippen LogP contribution is 2.41. The van der Waals surface area contributed by atoms with Crippen LogP contribution in [-0.4, -0.2) is 52.9 Å². The second kappa shape index (κ2) is 6.93. The molecule has 0 aliphatic carbocycles. The van der Waals surface area contributed by atoms with Gasteiger partial charge < -0.3 is 14.9 Å². The third-order valence-corrected chi connectivity index (χ3v) is 4.23. The van der Waals surface area contributed by atoms with Crippen molar-refractivity contribution in [1.29, 1.82) is 0 Å². The molecule has 9 nitrogen and oxygen atoms in total. The molecule has 1 aliphatic rings. The van der Waals surface area contributed by atoms with Gasteiger partial charge in [0, 0.05) is 19.1 Å². The van der Waals surface area contributed by atoms with Crippen LogP contribution >= 0.6 is 0 Å². The van der Waals surface area contributed by atoms with Crippen molar-refractivity contribution < 1.29 is 29.5 Å². The topological polar surface area (TPSA) is 130 Å². The van der Waals surface area contributed by atoms with Crippen LogP contribution in [0.2, 0.25) is 0 Å². The Kier molecular flexibility index (Phi) is 5.15. The van der Waals surface area contributed by atoms with Gasteiger partial charge in [-0.1, -0.05) is 0 Å². The fraction of sp³-hybridized carbons (Fsp3) is 0.467. The fourth-order valence-corrected chi connectivity index (χ4v) is 2.99. The standard InChI is InChI=1S/C15H18N2O7/c1-24-14(21)10-2-3-11(12(8-10)17(22)23)16-13(20)4-5-15(16,9-19)6-7-18/h2-3,8,18-19H,4-7,9H2,1H3. The van der Waals surface area contributed by atoms with E-state index < -0.39 is 28.7 Å². The average Bonchev–Trinajstić information content (AvgIpc) is 2.90. The molecule has 1 aromatic carbocycles. The van der Waals surface area contributed by atoms with E-state index >= 15 is 0 Å². The van der Waals surface area contributed by atoms with E-state index in [-0.39, 0.29) is 43.0 Å². The number of methoxy groups -OCH3 is 1. The Labute approximate surface area is 137 Å². The lowest BCUT2D eigenvalue weighted by molar-refractivity contribution is -0.384. The van der Waals surface area contributed by atoms with Crippen LogP contribution in [0.4, 0.5) is 11.4 Å². The van der Waals surface area contributed by atoms with Crippen LogP contribution in [0.5, 0.6) is 0 Å². The molecular formula is C15H18N2O7. The summed E-state index contributed by atoms with van der Waals surface area (Å²) < 4.78 is 4.54. The van der Waals surface area contributed by atoms with Crippen LogP contribution < -0.4 is 4.90 Å². The van der Waals surface area contributed by atoms with Crippen molar-refractivity contribution in [3.8, 4) is 0 Å². The SMILES string of the molecule is COC(=O)c1ccc(N2C(=O)CCC2(CO)CCO)c([N+](=O)[O-])c1. The molecule has 24 heavy (non-hydrogen) atoms. The van der Waals surface area contributed by atoms with E-state index in [2.05, 4.69) is 4.74 Å². The van der Waals surface area contributed by atoms with E-state index in [4.69, 9.17) is 0 Å². The van der Waals surface area contributed by atoms with Crippen LogP contribution in [0.15, 0.2) is 18.2 Å². The van der Waals surface area contributed by atoms with Gasteiger partial charge in [-0.05, 0) is 25.0 Å². The molecule has 0 spiro atoms. The van der Waals surface area contributed by atoms with Gasteiger partial charge in [0.15, 0.2) is 0 Å². The monoisotopic (exact) mass is 338 g/mol. The Morgan fingerprint density at radius 1 is 1.46 bits per heavy atom. The molecule has 0 bridgehead atoms. The zero-order valence-corrected chi connectivity index (χ0v) is 13.1. The Morgan fingerprint density at radius 3 is 2.71 bits per heavy atom. The summed E-state index contributed by atoms with van der Waals surface area (Å²) in [5.74, 6) is -1.12. The number of nitro benzene ring substituents is 1. The minimum absolute atomic E-state index is 0.0161. The average molecular weight is 338 g/mol. The fourth-order valence-electron chi connectivity index (χ4n) is 2.99. The van der Waals surface area contributed by atoms with Crippen molar-refractivity contribution in [3.63, 3.8) is 0 Å². The molecule has 9 heteroatoms. The van der Waals surface area contributed by atoms with E-state index in [0.29, 0.717) is 0 Å². The maximum absolute atomic E-state index is 12.3. The number of hydrogen-bond donors (Lipinski definition) is 2. The molecular weight excluding hydrogens is 320 g/mol. The zero-order valence-electron chi connectivity index (χ0n) is 13.1. The Balaban J connectivity index is 2.58. The number of anilines is 1. The summed E-state index contributed by atoms with van der Waals surface area (Å²) in [5, 5.41) is 30.4. The van der Waals surface area contributed by atoms with E-state index in [9.17, 15) is 29.9 Å². The first-order valence-electron chi connectivity index (χ1n) is 7.31. The summed E-state index contributed by atoms with van der Waals surface area (Å²) in [5.41, 5.74) is -1.57. The number of rotatable bonds is 6. The predicted molar refractivity (Wildman–Crippen MR) is 82.7 cm³/mol. The predicted octanol–water partition coefficient (Wildman–Crippen LogP) is 0.622. The molecule has 0 saturated carbocycles. The number of nitro groups is 1. The summed E-state index contributed by atoms with van der Waals surface area (Å²) in [6, 6.07) is 3.64. The van der Waals surface area contributed by atoms with Gasteiger partial charge in [0.25, 0.3) is 5.69 Å². The number of carbonyl (C=O) groups excluding carboxylic acids is 2. The summed E-state index contributed by atoms with van der Waals surface area (Å²) in [7, 11) is 1.16. The lowest BCUT2D eigenvalue weighted by Gasteiger charge is -2.36. The minimum atomic E-state index is -1.09. The largest absolute Gasteiger partial charge is 0.465 e. The number of aliphatic hydroxyl groups is 2. The van der Waals surface area contributed by atoms with Crippen LogP contribution in [0.25, 0.3) is 0 Å². The molecule has 1 atom stereocenters. The summed E-state index contributed by atoms with van der Waals surface area (Å²) in [6.45, 7) is -0.715. The first-order chi connectivity index (χ1) is 11.4. The first kappa shape index (κ1) is 17.8. The Bertz CT molecular complexity index is 676. The molecule has 1 fully saturated rings. The van der Waals surface area contributed by atoms with Crippen molar-refractivity contribution >= 4 is 23.3 Å². The molecule has 1 heterocycles. The number of amides is 1. The van der Waals surface area contributed by atoms with Gasteiger partial charge in [-0.3, -0.25) is 19.8 Å². The lowest BCUT2D eigenvalue weighted by Crippen LogP contribution is -2.50. The van der Waals surface area contributed by atoms with Crippen molar-refractivity contribution in [3.05, 3.63) is 33.9 Å². The van der Waals surface area contributed by atoms with Gasteiger partial charge in [0.1, 0.15) is 5.69 Å². The van der Waals surface area contributed by atoms with Gasteiger partial charge in [0.2, 0.25) is 5.91 Å². The maximum Gasteiger partial charge on any atom is 0.338 e. The van der Waals surface area contributed by atoms with Gasteiger partial charge in [-0.15, -0.1) is 0 Å². The summed E-state index contributed by atoms with van der Waals surface area (Å²) in [6.07, 6.45) is 0.473. The number of esters is 1. The van der Waals surface area contributed by atoms with Crippen molar-refractivity contribution in [2.75, 3.05) is 25.2 Å². The molecule has 0 radical (unpaired) electrons. The molecule has 2 rings (SSSR count). The molecule has 1 aliphatic heterocycles. The lowest BCUT2D eigenvalue weighted by atomic mass is 9.92. The van der Waals surface area contributed by atoms with Gasteiger partial charge >= 0.3 is 5.97 Å². The molecule has 2 N–H and O–H groups in total. The van der Waals surface area contributed by atoms with Gasteiger partial charge in [-0.25, -0.2) is 4.79 Å². The second-order valence-electron chi connectivity index (χ2n) is 5.54. The highest BCUT2D eigenvalue weighted by Gasteiger charge is 2.47. The molecule has 1 aromatic rings. The zero-order chi connectivity index (χ0) is 17.9. The van der Waals surface area contributed by atoms with Crippen LogP contribution in [0, 0.1) is 10.1 Å². The van der Waals surface area contributed by atoms with E-state index in [1.54, 1.807) is 0 Å². The van der Waals surface area contributed by atoms with Crippen molar-refractivity contribution in [2.24, 2.45) is 0 Å². The molecule has 130 valence electrons. The smallest absolute Gasteiger partial charge is 0.338 e. The normalized spacial score (nSPS) is 20.3. The molecule has 0 aromatic heterocycles. The first-order valence-corrected chi connectivity index (χ1v) is 7.31. The van der Waals surface area contributed by atoms with Crippen LogP contribution in [0.1, 0.15) is 29.6 Å². The highest BCUT2D eigenvalue weighted by molar-refractivity contribution is 6.00. The maximum atomic E-state index is 12.3. The summed E-state index contributed by atoms with van der Waals surface area (Å²) >= 11 is 0. The van der Waals surface area contributed by atoms with E-state index in [1.807, 2.05) is 0 Å². The number of nitrogens with zero attached hydrogens (tertiary/aromatic N) is 2. The molecule has 1 unspecified atom stereocenters. The highest BCUT2D eigenvalue weighted by atomic mass is 16.6. The third-order valence-electron chi connectivity index (χ3n) is 4.23.